The lowest BCUT2D eigenvalue weighted by Gasteiger charge is -2.42. The van der Waals surface area contributed by atoms with E-state index in [1.807, 2.05) is 18.0 Å². The highest BCUT2D eigenvalue weighted by Crippen LogP contribution is 2.39. The van der Waals surface area contributed by atoms with Gasteiger partial charge >= 0.3 is 0 Å². The number of hydrogen-bond donors (Lipinski definition) is 0. The Bertz CT molecular complexity index is 1500. The number of hydrogen-bond acceptors (Lipinski definition) is 8. The number of nitriles is 2. The Morgan fingerprint density at radius 3 is 2.18 bits per heavy atom. The molecule has 0 unspecified atom stereocenters. The Kier molecular flexibility index (Phi) is 7.34. The molecule has 0 spiro atoms. The van der Waals surface area contributed by atoms with Crippen LogP contribution in [0.1, 0.15) is 49.8 Å². The molecule has 9 heteroatoms. The second-order valence-corrected chi connectivity index (χ2v) is 10.6. The van der Waals surface area contributed by atoms with Gasteiger partial charge in [0.25, 0.3) is 5.56 Å². The molecule has 39 heavy (non-hydrogen) atoms. The molecule has 9 nitrogen and oxygen atoms in total. The quantitative estimate of drug-likeness (QED) is 0.426. The van der Waals surface area contributed by atoms with Gasteiger partial charge in [0.15, 0.2) is 0 Å². The van der Waals surface area contributed by atoms with Gasteiger partial charge in [0.2, 0.25) is 0 Å². The second kappa shape index (κ2) is 10.9. The second-order valence-electron chi connectivity index (χ2n) is 10.6. The molecule has 0 saturated heterocycles. The number of nitrogens with zero attached hydrogens (tertiary/aromatic N) is 6. The monoisotopic (exact) mass is 526 g/mol. The van der Waals surface area contributed by atoms with Gasteiger partial charge in [-0.3, -0.25) is 4.79 Å². The van der Waals surface area contributed by atoms with E-state index < -0.39 is 0 Å². The predicted octanol–water partition coefficient (Wildman–Crippen LogP) is 4.36. The molecule has 2 saturated carbocycles. The van der Waals surface area contributed by atoms with E-state index in [1.165, 1.54) is 17.4 Å². The molecule has 0 radical (unpaired) electrons. The fourth-order valence-electron chi connectivity index (χ4n) is 5.84. The lowest BCUT2D eigenvalue weighted by Crippen LogP contribution is -2.44. The van der Waals surface area contributed by atoms with E-state index in [4.69, 9.17) is 9.47 Å². The highest BCUT2D eigenvalue weighted by atomic mass is 16.5. The summed E-state index contributed by atoms with van der Waals surface area (Å²) in [4.78, 5) is 22.2. The van der Waals surface area contributed by atoms with Crippen LogP contribution in [0.3, 0.4) is 0 Å². The zero-order chi connectivity index (χ0) is 27.7. The van der Waals surface area contributed by atoms with Crippen molar-refractivity contribution < 1.29 is 9.47 Å². The third-order valence-electron chi connectivity index (χ3n) is 8.27. The summed E-state index contributed by atoms with van der Waals surface area (Å²) >= 11 is 0. The number of aryl methyl sites for hydroxylation is 1. The molecule has 1 aromatic carbocycles. The minimum absolute atomic E-state index is 0.0658. The van der Waals surface area contributed by atoms with Crippen LogP contribution < -0.4 is 24.8 Å². The van der Waals surface area contributed by atoms with E-state index in [9.17, 15) is 15.3 Å². The standard InChI is InChI=1S/C30H34N6O3/c1-34(29-26(17-32)30(37)35(2)27-12-7-20(16-31)33-28(27)29)21-8-10-22(11-9-21)36(18-19-5-6-19)23-13-24(38-3)15-25(14-23)39-4/h7,12-15,19,21-22H,5-6,8-11,18H2,1-4H3. The van der Waals surface area contributed by atoms with Crippen molar-refractivity contribution in [3.8, 4) is 23.6 Å². The van der Waals surface area contributed by atoms with Gasteiger partial charge in [0.1, 0.15) is 40.4 Å². The molecule has 2 fully saturated rings. The molecule has 2 aliphatic rings. The first-order valence-corrected chi connectivity index (χ1v) is 13.4. The van der Waals surface area contributed by atoms with Crippen LogP contribution in [0.5, 0.6) is 11.5 Å². The molecular weight excluding hydrogens is 492 g/mol. The number of fused-ring (bicyclic) bond motifs is 1. The van der Waals surface area contributed by atoms with Crippen LogP contribution in [-0.4, -0.2) is 49.4 Å². The minimum Gasteiger partial charge on any atom is -0.497 e. The topological polar surface area (TPSA) is 107 Å². The molecule has 3 aromatic rings. The Labute approximate surface area is 228 Å². The summed E-state index contributed by atoms with van der Waals surface area (Å²) < 4.78 is 12.5. The van der Waals surface area contributed by atoms with Crippen LogP contribution in [0.2, 0.25) is 0 Å². The molecule has 0 N–H and O–H groups in total. The highest BCUT2D eigenvalue weighted by molar-refractivity contribution is 5.92. The van der Waals surface area contributed by atoms with Gasteiger partial charge in [0.05, 0.1) is 25.4 Å². The maximum Gasteiger partial charge on any atom is 0.270 e. The van der Waals surface area contributed by atoms with Crippen molar-refractivity contribution in [2.75, 3.05) is 37.6 Å². The Morgan fingerprint density at radius 1 is 0.974 bits per heavy atom. The lowest BCUT2D eigenvalue weighted by atomic mass is 9.88. The number of methoxy groups -OCH3 is 2. The summed E-state index contributed by atoms with van der Waals surface area (Å²) in [5.74, 6) is 2.28. The van der Waals surface area contributed by atoms with Crippen LogP contribution in [0, 0.1) is 28.6 Å². The zero-order valence-corrected chi connectivity index (χ0v) is 23.0. The van der Waals surface area contributed by atoms with Crippen LogP contribution in [-0.2, 0) is 7.05 Å². The average Bonchev–Trinajstić information content (AvgIpc) is 3.81. The van der Waals surface area contributed by atoms with Crippen LogP contribution >= 0.6 is 0 Å². The Hall–Kier alpha value is -4.24. The summed E-state index contributed by atoms with van der Waals surface area (Å²) in [6.07, 6.45) is 6.29. The first kappa shape index (κ1) is 26.4. The summed E-state index contributed by atoms with van der Waals surface area (Å²) in [5, 5.41) is 19.4. The highest BCUT2D eigenvalue weighted by Gasteiger charge is 2.34. The van der Waals surface area contributed by atoms with Gasteiger partial charge in [0, 0.05) is 56.6 Å². The number of rotatable bonds is 8. The van der Waals surface area contributed by atoms with E-state index in [2.05, 4.69) is 34.2 Å². The van der Waals surface area contributed by atoms with Gasteiger partial charge in [-0.15, -0.1) is 0 Å². The number of anilines is 2. The van der Waals surface area contributed by atoms with Crippen molar-refractivity contribution >= 4 is 22.4 Å². The van der Waals surface area contributed by atoms with E-state index in [1.54, 1.807) is 33.4 Å². The van der Waals surface area contributed by atoms with Gasteiger partial charge in [-0.2, -0.15) is 10.5 Å². The third kappa shape index (κ3) is 5.09. The van der Waals surface area contributed by atoms with Crippen molar-refractivity contribution in [2.45, 2.75) is 50.6 Å². The largest absolute Gasteiger partial charge is 0.497 e. The Balaban J connectivity index is 1.43. The molecule has 2 aromatic heterocycles. The fourth-order valence-corrected chi connectivity index (χ4v) is 5.84. The molecule has 202 valence electrons. The molecule has 0 aliphatic heterocycles. The van der Waals surface area contributed by atoms with Crippen molar-refractivity contribution in [1.29, 1.82) is 10.5 Å². The molecule has 5 rings (SSSR count). The summed E-state index contributed by atoms with van der Waals surface area (Å²) in [6, 6.07) is 14.1. The maximum absolute atomic E-state index is 13.1. The van der Waals surface area contributed by atoms with Crippen molar-refractivity contribution in [1.82, 2.24) is 9.55 Å². The smallest absolute Gasteiger partial charge is 0.270 e. The van der Waals surface area contributed by atoms with E-state index in [0.717, 1.165) is 49.4 Å². The summed E-state index contributed by atoms with van der Waals surface area (Å²) in [6.45, 7) is 1.01. The van der Waals surface area contributed by atoms with Crippen molar-refractivity contribution in [2.24, 2.45) is 13.0 Å². The first-order valence-electron chi connectivity index (χ1n) is 13.4. The van der Waals surface area contributed by atoms with Gasteiger partial charge in [-0.05, 0) is 56.6 Å². The number of aromatic nitrogens is 2. The molecule has 0 atom stereocenters. The molecular formula is C30H34N6O3. The van der Waals surface area contributed by atoms with E-state index in [0.29, 0.717) is 28.7 Å². The minimum atomic E-state index is -0.352. The number of pyridine rings is 2. The summed E-state index contributed by atoms with van der Waals surface area (Å²) in [5.41, 5.74) is 2.72. The van der Waals surface area contributed by atoms with Gasteiger partial charge < -0.3 is 23.8 Å². The molecule has 2 heterocycles. The Morgan fingerprint density at radius 2 is 1.62 bits per heavy atom. The van der Waals surface area contributed by atoms with E-state index in [-0.39, 0.29) is 22.9 Å². The number of ether oxygens (including phenoxy) is 2. The zero-order valence-electron chi connectivity index (χ0n) is 23.0. The third-order valence-corrected chi connectivity index (χ3v) is 8.27. The van der Waals surface area contributed by atoms with E-state index >= 15 is 0 Å². The van der Waals surface area contributed by atoms with Crippen molar-refractivity contribution in [3.63, 3.8) is 0 Å². The van der Waals surface area contributed by atoms with Gasteiger partial charge in [-0.1, -0.05) is 0 Å². The molecule has 0 bridgehead atoms. The maximum atomic E-state index is 13.1. The fraction of sp³-hybridized carbons (Fsp3) is 0.467. The number of benzene rings is 1. The van der Waals surface area contributed by atoms with Crippen molar-refractivity contribution in [3.05, 3.63) is 51.9 Å². The first-order chi connectivity index (χ1) is 18.9. The lowest BCUT2D eigenvalue weighted by molar-refractivity contribution is 0.363. The SMILES string of the molecule is COc1cc(OC)cc(N(CC2CC2)C2CCC(N(C)c3c(C#N)c(=O)n(C)c4ccc(C#N)nc34)CC2)c1. The molecule has 2 aliphatic carbocycles. The van der Waals surface area contributed by atoms with Gasteiger partial charge in [-0.25, -0.2) is 4.98 Å². The predicted molar refractivity (Wildman–Crippen MR) is 150 cm³/mol. The van der Waals surface area contributed by atoms with Crippen LogP contribution in [0.4, 0.5) is 11.4 Å². The van der Waals surface area contributed by atoms with Crippen LogP contribution in [0.15, 0.2) is 35.1 Å². The molecule has 0 amide bonds. The normalized spacial score (nSPS) is 18.7. The average molecular weight is 527 g/mol. The van der Waals surface area contributed by atoms with Crippen LogP contribution in [0.25, 0.3) is 11.0 Å². The summed E-state index contributed by atoms with van der Waals surface area (Å²) in [7, 11) is 6.93.